The van der Waals surface area contributed by atoms with Gasteiger partial charge in [0, 0.05) is 18.4 Å². The van der Waals surface area contributed by atoms with Gasteiger partial charge >= 0.3 is 0 Å². The van der Waals surface area contributed by atoms with Gasteiger partial charge in [0.2, 0.25) is 0 Å². The molecule has 0 bridgehead atoms. The van der Waals surface area contributed by atoms with Crippen molar-refractivity contribution in [1.29, 1.82) is 0 Å². The molecular formula is C19H24O2. The van der Waals surface area contributed by atoms with Gasteiger partial charge in [-0.1, -0.05) is 29.9 Å². The number of Topliss-reactive ketones (excluding diaryl/α,β-unsaturated/α-hetero) is 1. The van der Waals surface area contributed by atoms with Crippen molar-refractivity contribution in [3.63, 3.8) is 0 Å². The van der Waals surface area contributed by atoms with Crippen molar-refractivity contribution in [2.24, 2.45) is 5.92 Å². The third-order valence-electron chi connectivity index (χ3n) is 4.66. The normalized spacial score (nSPS) is 25.8. The lowest BCUT2D eigenvalue weighted by molar-refractivity contribution is -0.117. The molecule has 3 rings (SSSR count). The molecule has 0 saturated heterocycles. The van der Waals surface area contributed by atoms with E-state index in [0.717, 1.165) is 37.0 Å². The Morgan fingerprint density at radius 2 is 2.14 bits per heavy atom. The van der Waals surface area contributed by atoms with Crippen molar-refractivity contribution in [2.75, 3.05) is 6.61 Å². The summed E-state index contributed by atoms with van der Waals surface area (Å²) in [7, 11) is 0. The van der Waals surface area contributed by atoms with Gasteiger partial charge in [-0.15, -0.1) is 0 Å². The van der Waals surface area contributed by atoms with Crippen molar-refractivity contribution in [3.05, 3.63) is 46.8 Å². The topological polar surface area (TPSA) is 26.3 Å². The van der Waals surface area contributed by atoms with E-state index < -0.39 is 0 Å². The molecule has 0 radical (unpaired) electrons. The van der Waals surface area contributed by atoms with Gasteiger partial charge in [-0.3, -0.25) is 4.79 Å². The van der Waals surface area contributed by atoms with Crippen LogP contribution < -0.4 is 0 Å². The van der Waals surface area contributed by atoms with Crippen LogP contribution in [-0.2, 0) is 9.53 Å². The van der Waals surface area contributed by atoms with Gasteiger partial charge in [-0.2, -0.15) is 0 Å². The molecule has 3 aliphatic rings. The predicted molar refractivity (Wildman–Crippen MR) is 84.8 cm³/mol. The second-order valence-corrected chi connectivity index (χ2v) is 6.44. The fourth-order valence-corrected chi connectivity index (χ4v) is 3.34. The van der Waals surface area contributed by atoms with Gasteiger partial charge in [0.25, 0.3) is 0 Å². The first kappa shape index (κ1) is 14.4. The summed E-state index contributed by atoms with van der Waals surface area (Å²) in [5.41, 5.74) is 3.60. The number of ether oxygens (including phenoxy) is 1. The Balaban J connectivity index is 1.61. The van der Waals surface area contributed by atoms with E-state index in [9.17, 15) is 4.79 Å². The second-order valence-electron chi connectivity index (χ2n) is 6.44. The highest BCUT2D eigenvalue weighted by Gasteiger charge is 2.29. The van der Waals surface area contributed by atoms with Crippen molar-refractivity contribution >= 4 is 5.78 Å². The van der Waals surface area contributed by atoms with Crippen molar-refractivity contribution < 1.29 is 9.53 Å². The zero-order chi connectivity index (χ0) is 14.7. The largest absolute Gasteiger partial charge is 0.493 e. The highest BCUT2D eigenvalue weighted by molar-refractivity contribution is 5.97. The number of hydrogen-bond donors (Lipinski definition) is 0. The predicted octanol–water partition coefficient (Wildman–Crippen LogP) is 4.64. The van der Waals surface area contributed by atoms with Crippen molar-refractivity contribution in [2.45, 2.75) is 51.9 Å². The zero-order valence-electron chi connectivity index (χ0n) is 12.9. The molecule has 1 heterocycles. The Labute approximate surface area is 127 Å². The highest BCUT2D eigenvalue weighted by atomic mass is 16.5. The van der Waals surface area contributed by atoms with E-state index in [1.54, 1.807) is 0 Å². The van der Waals surface area contributed by atoms with E-state index in [0.29, 0.717) is 24.7 Å². The monoisotopic (exact) mass is 284 g/mol. The molecule has 2 heteroatoms. The maximum absolute atomic E-state index is 12.4. The summed E-state index contributed by atoms with van der Waals surface area (Å²) in [5.74, 6) is 1.73. The minimum atomic E-state index is 0.306. The van der Waals surface area contributed by atoms with Gasteiger partial charge in [0.1, 0.15) is 12.4 Å². The van der Waals surface area contributed by atoms with E-state index >= 15 is 0 Å². The molecule has 0 fully saturated rings. The second kappa shape index (κ2) is 6.46. The third-order valence-corrected chi connectivity index (χ3v) is 4.66. The fourth-order valence-electron chi connectivity index (χ4n) is 3.34. The van der Waals surface area contributed by atoms with Gasteiger partial charge in [-0.25, -0.2) is 0 Å². The average Bonchev–Trinajstić information content (AvgIpc) is 2.69. The van der Waals surface area contributed by atoms with Crippen LogP contribution in [0, 0.1) is 5.92 Å². The van der Waals surface area contributed by atoms with E-state index in [-0.39, 0.29) is 0 Å². The Hall–Kier alpha value is -1.57. The Bertz CT molecular complexity index is 546. The maximum atomic E-state index is 12.4. The minimum absolute atomic E-state index is 0.306. The van der Waals surface area contributed by atoms with E-state index in [1.165, 1.54) is 24.0 Å². The lowest BCUT2D eigenvalue weighted by Crippen LogP contribution is -2.20. The molecule has 1 aliphatic heterocycles. The molecule has 0 aromatic heterocycles. The summed E-state index contributed by atoms with van der Waals surface area (Å²) in [6, 6.07) is 0. The van der Waals surface area contributed by atoms with Gasteiger partial charge < -0.3 is 4.74 Å². The molecule has 112 valence electrons. The summed E-state index contributed by atoms with van der Waals surface area (Å²) < 4.78 is 5.87. The van der Waals surface area contributed by atoms with Crippen LogP contribution in [0.25, 0.3) is 0 Å². The van der Waals surface area contributed by atoms with Gasteiger partial charge in [0.15, 0.2) is 5.78 Å². The Morgan fingerprint density at radius 1 is 1.24 bits per heavy atom. The van der Waals surface area contributed by atoms with E-state index in [2.05, 4.69) is 31.2 Å². The number of allylic oxidation sites excluding steroid dienone is 7. The van der Waals surface area contributed by atoms with Crippen LogP contribution >= 0.6 is 0 Å². The maximum Gasteiger partial charge on any atom is 0.162 e. The molecule has 2 aliphatic carbocycles. The van der Waals surface area contributed by atoms with Crippen LogP contribution in [0.5, 0.6) is 0 Å². The van der Waals surface area contributed by atoms with Crippen LogP contribution in [0.2, 0.25) is 0 Å². The van der Waals surface area contributed by atoms with Crippen LogP contribution in [0.15, 0.2) is 46.8 Å². The minimum Gasteiger partial charge on any atom is -0.493 e. The molecule has 1 unspecified atom stereocenters. The van der Waals surface area contributed by atoms with Crippen molar-refractivity contribution in [3.8, 4) is 0 Å². The van der Waals surface area contributed by atoms with Gasteiger partial charge in [0.05, 0.1) is 0 Å². The molecule has 0 N–H and O–H groups in total. The summed E-state index contributed by atoms with van der Waals surface area (Å²) in [5, 5.41) is 0. The molecule has 0 spiro atoms. The summed E-state index contributed by atoms with van der Waals surface area (Å²) >= 11 is 0. The van der Waals surface area contributed by atoms with Crippen LogP contribution in [0.3, 0.4) is 0 Å². The molecule has 21 heavy (non-hydrogen) atoms. The number of ketones is 1. The molecule has 2 nitrogen and oxygen atoms in total. The quantitative estimate of drug-likeness (QED) is 0.706. The average molecular weight is 284 g/mol. The van der Waals surface area contributed by atoms with Crippen LogP contribution in [0.1, 0.15) is 51.9 Å². The zero-order valence-corrected chi connectivity index (χ0v) is 12.9. The molecule has 0 amide bonds. The Morgan fingerprint density at radius 3 is 2.95 bits per heavy atom. The van der Waals surface area contributed by atoms with E-state index in [4.69, 9.17) is 4.74 Å². The SMILES string of the molecule is CC1=CCC2=C(CC(CCC3=CCCC=C3)CC2=O)OC1. The highest BCUT2D eigenvalue weighted by Crippen LogP contribution is 2.35. The number of rotatable bonds is 3. The summed E-state index contributed by atoms with van der Waals surface area (Å²) in [6.07, 6.45) is 15.9. The first-order valence-corrected chi connectivity index (χ1v) is 8.11. The fraction of sp³-hybridized carbons (Fsp3) is 0.526. The lowest BCUT2D eigenvalue weighted by atomic mass is 9.82. The molecule has 1 atom stereocenters. The lowest BCUT2D eigenvalue weighted by Gasteiger charge is -2.25. The van der Waals surface area contributed by atoms with Crippen LogP contribution in [-0.4, -0.2) is 12.4 Å². The number of carbonyl (C=O) groups is 1. The van der Waals surface area contributed by atoms with E-state index in [1.807, 2.05) is 0 Å². The molecule has 0 saturated carbocycles. The molecule has 0 aromatic rings. The Kier molecular flexibility index (Phi) is 4.42. The third kappa shape index (κ3) is 3.55. The summed E-state index contributed by atoms with van der Waals surface area (Å²) in [6.45, 7) is 2.72. The summed E-state index contributed by atoms with van der Waals surface area (Å²) in [4.78, 5) is 12.4. The number of carbonyl (C=O) groups excluding carboxylic acids is 1. The number of hydrogen-bond acceptors (Lipinski definition) is 2. The first-order chi connectivity index (χ1) is 10.2. The molecular weight excluding hydrogens is 260 g/mol. The van der Waals surface area contributed by atoms with Gasteiger partial charge in [-0.05, 0) is 50.5 Å². The first-order valence-electron chi connectivity index (χ1n) is 8.11. The van der Waals surface area contributed by atoms with Crippen molar-refractivity contribution in [1.82, 2.24) is 0 Å². The van der Waals surface area contributed by atoms with Crippen LogP contribution in [0.4, 0.5) is 0 Å². The smallest absolute Gasteiger partial charge is 0.162 e. The standard InChI is InChI=1S/C19H24O2/c1-14-7-10-17-18(20)11-16(12-19(17)21-13-14)9-8-15-5-3-2-4-6-15/h3,5-7,16H,2,4,8-13H2,1H3. The molecule has 0 aromatic carbocycles.